The van der Waals surface area contributed by atoms with Gasteiger partial charge in [0.2, 0.25) is 0 Å². The van der Waals surface area contributed by atoms with Gasteiger partial charge >= 0.3 is 31.7 Å². The van der Waals surface area contributed by atoms with Crippen LogP contribution in [0.4, 0.5) is 0 Å². The van der Waals surface area contributed by atoms with Gasteiger partial charge in [-0.25, -0.2) is 4.57 Å². The van der Waals surface area contributed by atoms with Crippen LogP contribution < -0.4 is 0 Å². The average molecular weight is 1740 g/mol. The molecule has 3 aliphatic rings. The van der Waals surface area contributed by atoms with E-state index < -0.39 is 162 Å². The summed E-state index contributed by atoms with van der Waals surface area (Å²) < 4.78 is 73.6. The highest BCUT2D eigenvalue weighted by Crippen LogP contribution is 2.49. The van der Waals surface area contributed by atoms with E-state index in [1.165, 1.54) is 193 Å². The number of aliphatic hydroxyl groups excluding tert-OH is 9. The molecule has 0 aromatic rings. The normalized spacial score (nSPS) is 25.3. The van der Waals surface area contributed by atoms with E-state index in [-0.39, 0.29) is 25.7 Å². The van der Waals surface area contributed by atoms with Gasteiger partial charge in [-0.1, -0.05) is 355 Å². The maximum absolute atomic E-state index is 14.9. The first-order valence-electron chi connectivity index (χ1n) is 48.7. The molecule has 0 bridgehead atoms. The second kappa shape index (κ2) is 71.2. The minimum absolute atomic E-state index is 0.00502. The zero-order valence-electron chi connectivity index (χ0n) is 75.7. The van der Waals surface area contributed by atoms with Gasteiger partial charge in [0.25, 0.3) is 0 Å². The first-order valence-corrected chi connectivity index (χ1v) is 50.2. The number of aliphatic hydroxyl groups is 9. The summed E-state index contributed by atoms with van der Waals surface area (Å²) in [5, 5.41) is 102. The van der Waals surface area contributed by atoms with Crippen molar-refractivity contribution in [3.05, 3.63) is 12.2 Å². The first-order chi connectivity index (χ1) is 58.0. The van der Waals surface area contributed by atoms with E-state index >= 15 is 0 Å². The summed E-state index contributed by atoms with van der Waals surface area (Å²) in [6.45, 7) is 10.3. The molecule has 3 fully saturated rings. The van der Waals surface area contributed by atoms with E-state index in [9.17, 15) is 74.6 Å². The van der Waals surface area contributed by atoms with Crippen LogP contribution in [-0.4, -0.2) is 205 Å². The highest BCUT2D eigenvalue weighted by Gasteiger charge is 2.60. The third kappa shape index (κ3) is 51.3. The number of hydrogen-bond donors (Lipinski definition) is 10. The average Bonchev–Trinajstić information content (AvgIpc) is 0.753. The number of allylic oxidation sites excluding steroid dienone is 2. The van der Waals surface area contributed by atoms with Crippen LogP contribution in [0, 0.1) is 11.8 Å². The van der Waals surface area contributed by atoms with Crippen LogP contribution in [0.2, 0.25) is 0 Å². The fourth-order valence-corrected chi connectivity index (χ4v) is 17.4. The number of unbranched alkanes of at least 4 members (excludes halogenated alkanes) is 44. The molecular weight excluding hydrogens is 1560 g/mol. The molecule has 0 aromatic carbocycles. The standard InChI is InChI=1S/C94H175O25P/c1-7-11-15-19-23-25-27-29-30-31-33-35-37-39-50-59-67-80(99)116-89-85(104)86(105)90(117-93-87(106)83(102)81(100)75(68-95)114-93)92(91(89)118-94-88(107)84(103)82(101)76(115-94)71-111-78(97)65-57-48-38-36-34-32-28-26-24-20-16-12-8-2)119-120(108,109)112-70-74(113-79(98)66-58-51-43-41-47-55-63-73(6)61-53-45-22-18-14-10-4)69-110-77(96)64-56-49-42-40-46-54-62-72(5)60-52-44-21-17-13-9-3/h32,34,72-76,81-95,100-107H,7-31,33,35-71H2,1-6H3,(H,108,109)/b34-32-. The molecule has 0 aromatic heterocycles. The summed E-state index contributed by atoms with van der Waals surface area (Å²) in [6.07, 6.45) is 27.7. The third-order valence-electron chi connectivity index (χ3n) is 24.3. The molecule has 2 saturated heterocycles. The van der Waals surface area contributed by atoms with Crippen molar-refractivity contribution in [2.45, 2.75) is 525 Å². The van der Waals surface area contributed by atoms with Gasteiger partial charge in [0.1, 0.15) is 92.6 Å². The summed E-state index contributed by atoms with van der Waals surface area (Å²) in [5.41, 5.74) is 0. The molecule has 25 nitrogen and oxygen atoms in total. The monoisotopic (exact) mass is 1740 g/mol. The molecule has 120 heavy (non-hydrogen) atoms. The second-order valence-electron chi connectivity index (χ2n) is 35.5. The summed E-state index contributed by atoms with van der Waals surface area (Å²) >= 11 is 0. The summed E-state index contributed by atoms with van der Waals surface area (Å²) in [5.74, 6) is -1.61. The summed E-state index contributed by atoms with van der Waals surface area (Å²) in [7, 11) is -5.81. The van der Waals surface area contributed by atoms with E-state index in [1.807, 2.05) is 0 Å². The van der Waals surface area contributed by atoms with Gasteiger partial charge in [-0.05, 0) is 63.2 Å². The number of hydrogen-bond acceptors (Lipinski definition) is 24. The molecule has 26 heteroatoms. The van der Waals surface area contributed by atoms with Gasteiger partial charge in [-0.15, -0.1) is 0 Å². The van der Waals surface area contributed by atoms with E-state index in [4.69, 9.17) is 46.9 Å². The highest BCUT2D eigenvalue weighted by atomic mass is 31.2. The van der Waals surface area contributed by atoms with Crippen LogP contribution in [-0.2, 0) is 70.7 Å². The van der Waals surface area contributed by atoms with E-state index in [0.29, 0.717) is 50.4 Å². The third-order valence-corrected chi connectivity index (χ3v) is 25.3. The zero-order valence-corrected chi connectivity index (χ0v) is 76.6. The summed E-state index contributed by atoms with van der Waals surface area (Å²) in [4.78, 5) is 66.7. The molecular formula is C94H175O25P. The number of esters is 4. The number of rotatable bonds is 78. The summed E-state index contributed by atoms with van der Waals surface area (Å²) in [6, 6.07) is 0. The van der Waals surface area contributed by atoms with Crippen molar-refractivity contribution in [1.29, 1.82) is 0 Å². The topological polar surface area (TPSA) is 380 Å². The van der Waals surface area contributed by atoms with Crippen LogP contribution >= 0.6 is 7.82 Å². The Morgan fingerprint density at radius 1 is 0.350 bits per heavy atom. The van der Waals surface area contributed by atoms with Crippen molar-refractivity contribution < 1.29 is 122 Å². The molecule has 3 rings (SSSR count). The van der Waals surface area contributed by atoms with Crippen molar-refractivity contribution in [2.75, 3.05) is 26.4 Å². The molecule has 1 saturated carbocycles. The molecule has 1 aliphatic carbocycles. The lowest BCUT2D eigenvalue weighted by Crippen LogP contribution is -2.70. The maximum Gasteiger partial charge on any atom is 0.472 e. The molecule has 2 aliphatic heterocycles. The lowest BCUT2D eigenvalue weighted by Gasteiger charge is -2.50. The molecule has 20 unspecified atom stereocenters. The highest BCUT2D eigenvalue weighted by molar-refractivity contribution is 7.47. The second-order valence-corrected chi connectivity index (χ2v) is 36.9. The minimum atomic E-state index is -5.81. The molecule has 706 valence electrons. The predicted octanol–water partition coefficient (Wildman–Crippen LogP) is 18.4. The van der Waals surface area contributed by atoms with Gasteiger partial charge in [-0.2, -0.15) is 0 Å². The van der Waals surface area contributed by atoms with Crippen LogP contribution in [0.1, 0.15) is 420 Å². The van der Waals surface area contributed by atoms with Crippen molar-refractivity contribution in [1.82, 2.24) is 0 Å². The van der Waals surface area contributed by atoms with Crippen molar-refractivity contribution >= 4 is 31.7 Å². The van der Waals surface area contributed by atoms with E-state index in [1.54, 1.807) is 0 Å². The Balaban J connectivity index is 1.93. The molecule has 0 amide bonds. The number of carbonyl (C=O) groups is 4. The van der Waals surface area contributed by atoms with Crippen molar-refractivity contribution in [2.24, 2.45) is 11.8 Å². The molecule has 2 heterocycles. The van der Waals surface area contributed by atoms with Gasteiger partial charge in [0.15, 0.2) is 24.8 Å². The van der Waals surface area contributed by atoms with Crippen molar-refractivity contribution in [3.8, 4) is 0 Å². The fraction of sp³-hybridized carbons (Fsp3) is 0.936. The zero-order chi connectivity index (χ0) is 87.8. The molecule has 0 spiro atoms. The lowest BCUT2D eigenvalue weighted by atomic mass is 9.84. The number of phosphoric acid groups is 1. The Morgan fingerprint density at radius 2 is 0.675 bits per heavy atom. The molecule has 10 N–H and O–H groups in total. The maximum atomic E-state index is 14.9. The van der Waals surface area contributed by atoms with Crippen LogP contribution in [0.15, 0.2) is 12.2 Å². The van der Waals surface area contributed by atoms with Gasteiger partial charge in [0, 0.05) is 25.7 Å². The van der Waals surface area contributed by atoms with Crippen LogP contribution in [0.3, 0.4) is 0 Å². The van der Waals surface area contributed by atoms with Crippen molar-refractivity contribution in [3.63, 3.8) is 0 Å². The minimum Gasteiger partial charge on any atom is -0.463 e. The predicted molar refractivity (Wildman–Crippen MR) is 467 cm³/mol. The number of phosphoric ester groups is 1. The number of carbonyl (C=O) groups excluding carboxylic acids is 4. The van der Waals surface area contributed by atoms with Gasteiger partial charge < -0.3 is 88.7 Å². The van der Waals surface area contributed by atoms with Crippen LogP contribution in [0.5, 0.6) is 0 Å². The quantitative estimate of drug-likeness (QED) is 0.00889. The van der Waals surface area contributed by atoms with E-state index in [2.05, 4.69) is 53.7 Å². The SMILES string of the molecule is CCCCCCCC/C=C\CCCCCC(=O)OCC1OC(OC2C(OC(=O)CCCCCCCCCCCCCCCCCC)C(O)C(O)C(OC3OC(CO)C(O)C(O)C3O)C2OP(=O)(O)OCC(COC(=O)CCCCCCCCC(C)CCCCCCCC)OC(=O)CCCCCCCCC(C)CCCCCCCC)C(O)C(O)C1O. The Hall–Kier alpha value is -2.79. The van der Waals surface area contributed by atoms with Gasteiger partial charge in [0.05, 0.1) is 13.2 Å². The molecule has 20 atom stereocenters. The Labute approximate surface area is 724 Å². The Bertz CT molecular complexity index is 2570. The molecule has 0 radical (unpaired) electrons. The Kier molecular flexibility index (Phi) is 66.1. The fourth-order valence-electron chi connectivity index (χ4n) is 16.4. The lowest BCUT2D eigenvalue weighted by molar-refractivity contribution is -0.360. The Morgan fingerprint density at radius 3 is 1.08 bits per heavy atom. The van der Waals surface area contributed by atoms with Crippen LogP contribution in [0.25, 0.3) is 0 Å². The largest absolute Gasteiger partial charge is 0.472 e. The van der Waals surface area contributed by atoms with Gasteiger partial charge in [-0.3, -0.25) is 28.2 Å². The first kappa shape index (κ1) is 111. The van der Waals surface area contributed by atoms with E-state index in [0.717, 1.165) is 122 Å². The number of ether oxygens (including phenoxy) is 8. The smallest absolute Gasteiger partial charge is 0.463 e.